The van der Waals surface area contributed by atoms with Gasteiger partial charge >= 0.3 is 0 Å². The van der Waals surface area contributed by atoms with Gasteiger partial charge in [0.15, 0.2) is 0 Å². The van der Waals surface area contributed by atoms with Crippen molar-refractivity contribution < 1.29 is 13.6 Å². The van der Waals surface area contributed by atoms with Crippen LogP contribution in [0.1, 0.15) is 17.5 Å². The number of likely N-dealkylation sites (N-methyl/N-ethyl adjacent to an activating group) is 1. The lowest BCUT2D eigenvalue weighted by atomic mass is 10.1. The van der Waals surface area contributed by atoms with Gasteiger partial charge in [0.2, 0.25) is 17.7 Å². The molecule has 0 aliphatic rings. The van der Waals surface area contributed by atoms with Gasteiger partial charge in [-0.2, -0.15) is 0 Å². The minimum absolute atomic E-state index is 0.0956. The van der Waals surface area contributed by atoms with E-state index in [4.69, 9.17) is 4.42 Å². The van der Waals surface area contributed by atoms with Crippen molar-refractivity contribution in [3.63, 3.8) is 0 Å². The average Bonchev–Trinajstić information content (AvgIpc) is 3.10. The molecule has 0 radical (unpaired) electrons. The van der Waals surface area contributed by atoms with E-state index in [0.29, 0.717) is 17.3 Å². The van der Waals surface area contributed by atoms with Crippen molar-refractivity contribution in [1.82, 2.24) is 20.4 Å². The largest absolute Gasteiger partial charge is 0.419 e. The van der Waals surface area contributed by atoms with Crippen molar-refractivity contribution in [2.75, 3.05) is 14.1 Å². The van der Waals surface area contributed by atoms with Gasteiger partial charge in [-0.1, -0.05) is 30.3 Å². The van der Waals surface area contributed by atoms with Gasteiger partial charge in [0, 0.05) is 5.56 Å². The maximum atomic E-state index is 13.5. The first-order valence-corrected chi connectivity index (χ1v) is 8.12. The number of hydrogen-bond donors (Lipinski definition) is 1. The lowest BCUT2D eigenvalue weighted by molar-refractivity contribution is -0.126. The summed E-state index contributed by atoms with van der Waals surface area (Å²) >= 11 is 0. The number of halogens is 1. The molecule has 26 heavy (non-hydrogen) atoms. The first kappa shape index (κ1) is 17.8. The van der Waals surface area contributed by atoms with E-state index in [1.165, 1.54) is 12.1 Å². The van der Waals surface area contributed by atoms with Crippen molar-refractivity contribution in [1.29, 1.82) is 0 Å². The fourth-order valence-electron chi connectivity index (χ4n) is 2.64. The molecular weight excluding hydrogens is 335 g/mol. The number of amides is 1. The van der Waals surface area contributed by atoms with Gasteiger partial charge in [-0.25, -0.2) is 4.39 Å². The van der Waals surface area contributed by atoms with Crippen LogP contribution >= 0.6 is 0 Å². The number of nitrogens with one attached hydrogen (secondary N) is 1. The van der Waals surface area contributed by atoms with Gasteiger partial charge in [0.05, 0.1) is 6.54 Å². The van der Waals surface area contributed by atoms with Gasteiger partial charge in [-0.05, 0) is 43.9 Å². The molecular formula is C19H19FN4O2. The molecule has 0 aliphatic heterocycles. The molecule has 0 spiro atoms. The maximum absolute atomic E-state index is 13.5. The zero-order valence-electron chi connectivity index (χ0n) is 14.5. The van der Waals surface area contributed by atoms with Gasteiger partial charge in [-0.3, -0.25) is 9.69 Å². The van der Waals surface area contributed by atoms with Crippen molar-refractivity contribution in [3.8, 4) is 11.5 Å². The van der Waals surface area contributed by atoms with Gasteiger partial charge < -0.3 is 9.73 Å². The third kappa shape index (κ3) is 4.12. The summed E-state index contributed by atoms with van der Waals surface area (Å²) in [5.74, 6) is 0.0321. The molecule has 1 aromatic heterocycles. The molecule has 0 aliphatic carbocycles. The Kier molecular flexibility index (Phi) is 5.38. The highest BCUT2D eigenvalue weighted by Crippen LogP contribution is 2.20. The number of hydrogen-bond acceptors (Lipinski definition) is 5. The number of carbonyl (C=O) groups is 1. The van der Waals surface area contributed by atoms with Gasteiger partial charge in [0.1, 0.15) is 11.9 Å². The first-order chi connectivity index (χ1) is 12.5. The first-order valence-electron chi connectivity index (χ1n) is 8.12. The van der Waals surface area contributed by atoms with E-state index in [1.54, 1.807) is 31.1 Å². The van der Waals surface area contributed by atoms with Crippen LogP contribution in [0.3, 0.4) is 0 Å². The normalized spacial score (nSPS) is 12.2. The predicted octanol–water partition coefficient (Wildman–Crippen LogP) is 2.79. The molecule has 0 saturated carbocycles. The Morgan fingerprint density at radius 1 is 1.15 bits per heavy atom. The summed E-state index contributed by atoms with van der Waals surface area (Å²) < 4.78 is 19.1. The number of carbonyl (C=O) groups excluding carboxylic acids is 1. The number of benzene rings is 2. The molecule has 1 N–H and O–H groups in total. The second-order valence-corrected chi connectivity index (χ2v) is 6.01. The fraction of sp³-hybridized carbons (Fsp3) is 0.211. The number of aromatic nitrogens is 2. The highest BCUT2D eigenvalue weighted by molar-refractivity contribution is 5.83. The van der Waals surface area contributed by atoms with Crippen molar-refractivity contribution in [2.45, 2.75) is 12.6 Å². The lowest BCUT2D eigenvalue weighted by Crippen LogP contribution is -2.36. The van der Waals surface area contributed by atoms with Crippen LogP contribution in [0.15, 0.2) is 59.0 Å². The second-order valence-electron chi connectivity index (χ2n) is 6.01. The topological polar surface area (TPSA) is 71.3 Å². The van der Waals surface area contributed by atoms with Crippen molar-refractivity contribution >= 4 is 5.91 Å². The van der Waals surface area contributed by atoms with Crippen LogP contribution in [0, 0.1) is 5.82 Å². The number of nitrogens with zero attached hydrogens (tertiary/aromatic N) is 3. The predicted molar refractivity (Wildman–Crippen MR) is 94.4 cm³/mol. The van der Waals surface area contributed by atoms with E-state index in [1.807, 2.05) is 30.3 Å². The summed E-state index contributed by atoms with van der Waals surface area (Å²) in [6.07, 6.45) is 0. The molecule has 0 fully saturated rings. The zero-order chi connectivity index (χ0) is 18.5. The standard InChI is InChI=1S/C19H19FN4O2/c1-24(2)17(14-9-6-10-15(20)11-14)18(25)21-12-16-22-23-19(26-16)13-7-4-3-5-8-13/h3-11,17H,12H2,1-2H3,(H,21,25)/t17-/m1/s1. The Labute approximate surface area is 150 Å². The fourth-order valence-corrected chi connectivity index (χ4v) is 2.64. The summed E-state index contributed by atoms with van der Waals surface area (Å²) in [7, 11) is 3.52. The quantitative estimate of drug-likeness (QED) is 0.737. The Hall–Kier alpha value is -3.06. The van der Waals surface area contributed by atoms with E-state index in [9.17, 15) is 9.18 Å². The second kappa shape index (κ2) is 7.88. The maximum Gasteiger partial charge on any atom is 0.247 e. The van der Waals surface area contributed by atoms with Crippen LogP contribution in [-0.4, -0.2) is 35.1 Å². The van der Waals surface area contributed by atoms with Crippen LogP contribution in [0.5, 0.6) is 0 Å². The third-order valence-corrected chi connectivity index (χ3v) is 3.83. The van der Waals surface area contributed by atoms with Crippen LogP contribution < -0.4 is 5.32 Å². The molecule has 0 saturated heterocycles. The molecule has 1 atom stereocenters. The molecule has 6 nitrogen and oxygen atoms in total. The number of rotatable bonds is 6. The monoisotopic (exact) mass is 354 g/mol. The Bertz CT molecular complexity index is 880. The average molecular weight is 354 g/mol. The Balaban J connectivity index is 1.68. The zero-order valence-corrected chi connectivity index (χ0v) is 14.5. The van der Waals surface area contributed by atoms with E-state index < -0.39 is 6.04 Å². The van der Waals surface area contributed by atoms with Crippen LogP contribution in [-0.2, 0) is 11.3 Å². The van der Waals surface area contributed by atoms with Gasteiger partial charge in [0.25, 0.3) is 0 Å². The molecule has 3 aromatic rings. The highest BCUT2D eigenvalue weighted by Gasteiger charge is 2.23. The Morgan fingerprint density at radius 2 is 1.92 bits per heavy atom. The summed E-state index contributed by atoms with van der Waals surface area (Å²) in [5, 5.41) is 10.7. The molecule has 1 amide bonds. The molecule has 2 aromatic carbocycles. The lowest BCUT2D eigenvalue weighted by Gasteiger charge is -2.23. The minimum Gasteiger partial charge on any atom is -0.419 e. The van der Waals surface area contributed by atoms with Crippen molar-refractivity contribution in [3.05, 3.63) is 71.9 Å². The summed E-state index contributed by atoms with van der Waals surface area (Å²) in [5.41, 5.74) is 1.38. The van der Waals surface area contributed by atoms with E-state index in [-0.39, 0.29) is 18.3 Å². The minimum atomic E-state index is -0.623. The molecule has 0 bridgehead atoms. The van der Waals surface area contributed by atoms with Crippen LogP contribution in [0.2, 0.25) is 0 Å². The molecule has 7 heteroatoms. The summed E-state index contributed by atoms with van der Waals surface area (Å²) in [4.78, 5) is 14.3. The van der Waals surface area contributed by atoms with Crippen LogP contribution in [0.25, 0.3) is 11.5 Å². The van der Waals surface area contributed by atoms with Crippen molar-refractivity contribution in [2.24, 2.45) is 0 Å². The van der Waals surface area contributed by atoms with E-state index >= 15 is 0 Å². The van der Waals surface area contributed by atoms with Crippen LogP contribution in [0.4, 0.5) is 4.39 Å². The molecule has 0 unspecified atom stereocenters. The smallest absolute Gasteiger partial charge is 0.247 e. The Morgan fingerprint density at radius 3 is 2.62 bits per heavy atom. The summed E-state index contributed by atoms with van der Waals surface area (Å²) in [6.45, 7) is 0.0956. The highest BCUT2D eigenvalue weighted by atomic mass is 19.1. The van der Waals surface area contributed by atoms with Gasteiger partial charge in [-0.15, -0.1) is 10.2 Å². The SMILES string of the molecule is CN(C)[C@@H](C(=O)NCc1nnc(-c2ccccc2)o1)c1cccc(F)c1. The van der Waals surface area contributed by atoms with E-state index in [0.717, 1.165) is 5.56 Å². The van der Waals surface area contributed by atoms with E-state index in [2.05, 4.69) is 15.5 Å². The molecule has 134 valence electrons. The molecule has 3 rings (SSSR count). The molecule has 1 heterocycles. The summed E-state index contributed by atoms with van der Waals surface area (Å²) in [6, 6.07) is 14.7. The third-order valence-electron chi connectivity index (χ3n) is 3.83.